The van der Waals surface area contributed by atoms with Crippen LogP contribution in [-0.4, -0.2) is 0 Å². The van der Waals surface area contributed by atoms with Crippen LogP contribution in [0, 0.1) is 31.6 Å². The first-order valence-corrected chi connectivity index (χ1v) is 8.54. The van der Waals surface area contributed by atoms with Crippen LogP contribution in [0.4, 0.5) is 5.69 Å². The number of nitrogens with two attached hydrogens (primary N) is 1. The van der Waals surface area contributed by atoms with Gasteiger partial charge in [-0.05, 0) is 78.7 Å². The lowest BCUT2D eigenvalue weighted by Gasteiger charge is -2.25. The van der Waals surface area contributed by atoms with E-state index in [2.05, 4.69) is 55.4 Å². The van der Waals surface area contributed by atoms with Gasteiger partial charge in [-0.25, -0.2) is 0 Å². The Morgan fingerprint density at radius 1 is 0.619 bits per heavy atom. The van der Waals surface area contributed by atoms with Crippen LogP contribution in [0.2, 0.25) is 0 Å². The maximum Gasteiger partial charge on any atom is 0.0382 e. The summed E-state index contributed by atoms with van der Waals surface area (Å²) < 4.78 is 0. The lowest BCUT2D eigenvalue weighted by molar-refractivity contribution is 0.595. The van der Waals surface area contributed by atoms with E-state index >= 15 is 0 Å². The molecule has 0 unspecified atom stereocenters. The summed E-state index contributed by atoms with van der Waals surface area (Å²) in [5.74, 6) is 2.00. The van der Waals surface area contributed by atoms with Gasteiger partial charge in [0.1, 0.15) is 0 Å². The summed E-state index contributed by atoms with van der Waals surface area (Å²) in [5, 5.41) is 0. The third-order valence-electron chi connectivity index (χ3n) is 4.31. The summed E-state index contributed by atoms with van der Waals surface area (Å²) in [7, 11) is 0. The molecule has 1 aromatic carbocycles. The van der Waals surface area contributed by atoms with Crippen LogP contribution in [0.25, 0.3) is 0 Å². The molecule has 0 spiro atoms. The van der Waals surface area contributed by atoms with E-state index in [4.69, 9.17) is 5.73 Å². The van der Waals surface area contributed by atoms with Gasteiger partial charge in [0.05, 0.1) is 0 Å². The molecule has 1 aromatic rings. The summed E-state index contributed by atoms with van der Waals surface area (Å²) in [6.07, 6.45) is 3.41. The maximum atomic E-state index is 6.51. The zero-order chi connectivity index (χ0) is 16.3. The fourth-order valence-corrected chi connectivity index (χ4v) is 3.21. The van der Waals surface area contributed by atoms with Crippen LogP contribution >= 0.6 is 0 Å². The highest BCUT2D eigenvalue weighted by atomic mass is 14.6. The van der Waals surface area contributed by atoms with Crippen LogP contribution in [0.5, 0.6) is 0 Å². The quantitative estimate of drug-likeness (QED) is 0.689. The summed E-state index contributed by atoms with van der Waals surface area (Å²) in [4.78, 5) is 0. The minimum absolute atomic E-state index is 0.646. The highest BCUT2D eigenvalue weighted by molar-refractivity contribution is 5.63. The topological polar surface area (TPSA) is 26.0 Å². The lowest BCUT2D eigenvalue weighted by atomic mass is 9.81. The van der Waals surface area contributed by atoms with Gasteiger partial charge in [-0.3, -0.25) is 0 Å². The zero-order valence-electron chi connectivity index (χ0n) is 15.4. The Hall–Kier alpha value is -0.980. The average molecular weight is 290 g/mol. The van der Waals surface area contributed by atoms with Crippen LogP contribution in [-0.2, 0) is 19.3 Å². The van der Waals surface area contributed by atoms with Crippen molar-refractivity contribution in [1.82, 2.24) is 0 Å². The molecule has 0 aliphatic carbocycles. The van der Waals surface area contributed by atoms with Gasteiger partial charge in [0.15, 0.2) is 0 Å². The molecule has 2 N–H and O–H groups in total. The minimum Gasteiger partial charge on any atom is -0.398 e. The van der Waals surface area contributed by atoms with E-state index in [1.807, 2.05) is 0 Å². The molecule has 0 radical (unpaired) electrons. The number of hydrogen-bond donors (Lipinski definition) is 1. The Morgan fingerprint density at radius 2 is 1.00 bits per heavy atom. The Balaban J connectivity index is 3.54. The predicted molar refractivity (Wildman–Crippen MR) is 96.0 cm³/mol. The van der Waals surface area contributed by atoms with Gasteiger partial charge in [-0.15, -0.1) is 0 Å². The molecule has 0 heterocycles. The monoisotopic (exact) mass is 289 g/mol. The summed E-state index contributed by atoms with van der Waals surface area (Å²) in [6, 6.07) is 0. The molecule has 0 fully saturated rings. The van der Waals surface area contributed by atoms with Crippen molar-refractivity contribution < 1.29 is 0 Å². The second kappa shape index (κ2) is 7.33. The number of nitrogen functional groups attached to an aromatic ring is 1. The first-order valence-electron chi connectivity index (χ1n) is 8.54. The van der Waals surface area contributed by atoms with Crippen molar-refractivity contribution in [3.8, 4) is 0 Å². The molecule has 1 heteroatoms. The molecule has 0 aliphatic heterocycles. The second-order valence-electron chi connectivity index (χ2n) is 7.89. The van der Waals surface area contributed by atoms with Gasteiger partial charge in [0.25, 0.3) is 0 Å². The Labute approximate surface area is 132 Å². The average Bonchev–Trinajstić information content (AvgIpc) is 2.35. The summed E-state index contributed by atoms with van der Waals surface area (Å²) in [6.45, 7) is 18.3. The molecule has 21 heavy (non-hydrogen) atoms. The van der Waals surface area contributed by atoms with E-state index in [-0.39, 0.29) is 0 Å². The first kappa shape index (κ1) is 18.1. The number of hydrogen-bond acceptors (Lipinski definition) is 1. The predicted octanol–water partition coefficient (Wildman–Crippen LogP) is 5.48. The van der Waals surface area contributed by atoms with Crippen LogP contribution < -0.4 is 5.73 Å². The van der Waals surface area contributed by atoms with Gasteiger partial charge >= 0.3 is 0 Å². The molecule has 0 atom stereocenters. The molecular formula is C20H35N. The normalized spacial score (nSPS) is 12.0. The van der Waals surface area contributed by atoms with Crippen molar-refractivity contribution in [2.45, 2.75) is 74.7 Å². The third kappa shape index (κ3) is 4.49. The maximum absolute atomic E-state index is 6.51. The molecule has 0 saturated carbocycles. The molecule has 1 nitrogen and oxygen atoms in total. The smallest absolute Gasteiger partial charge is 0.0382 e. The van der Waals surface area contributed by atoms with E-state index in [0.29, 0.717) is 17.8 Å². The molecule has 0 aliphatic rings. The Kier molecular flexibility index (Phi) is 6.31. The summed E-state index contributed by atoms with van der Waals surface area (Å²) in [5.41, 5.74) is 14.8. The van der Waals surface area contributed by atoms with Crippen molar-refractivity contribution >= 4 is 5.69 Å². The van der Waals surface area contributed by atoms with Gasteiger partial charge in [0.2, 0.25) is 0 Å². The zero-order valence-corrected chi connectivity index (χ0v) is 15.4. The molecule has 0 amide bonds. The number of benzene rings is 1. The standard InChI is InChI=1S/C20H35N/c1-12(2)9-17-15(7)16(8)20(21)19(11-14(5)6)18(17)10-13(3)4/h12-14H,9-11,21H2,1-8H3. The van der Waals surface area contributed by atoms with Crippen molar-refractivity contribution in [1.29, 1.82) is 0 Å². The van der Waals surface area contributed by atoms with E-state index in [1.165, 1.54) is 23.1 Å². The second-order valence-corrected chi connectivity index (χ2v) is 7.89. The molecule has 120 valence electrons. The van der Waals surface area contributed by atoms with Crippen LogP contribution in [0.3, 0.4) is 0 Å². The van der Waals surface area contributed by atoms with Crippen molar-refractivity contribution in [2.75, 3.05) is 5.73 Å². The van der Waals surface area contributed by atoms with Gasteiger partial charge in [0, 0.05) is 5.69 Å². The van der Waals surface area contributed by atoms with Crippen molar-refractivity contribution in [2.24, 2.45) is 17.8 Å². The highest BCUT2D eigenvalue weighted by Gasteiger charge is 2.20. The lowest BCUT2D eigenvalue weighted by Crippen LogP contribution is -2.14. The summed E-state index contributed by atoms with van der Waals surface area (Å²) >= 11 is 0. The van der Waals surface area contributed by atoms with E-state index in [1.54, 1.807) is 11.1 Å². The number of anilines is 1. The molecule has 0 aromatic heterocycles. The van der Waals surface area contributed by atoms with Crippen molar-refractivity contribution in [3.05, 3.63) is 27.8 Å². The van der Waals surface area contributed by atoms with Crippen LogP contribution in [0.15, 0.2) is 0 Å². The number of rotatable bonds is 6. The highest BCUT2D eigenvalue weighted by Crippen LogP contribution is 2.34. The Bertz CT molecular complexity index is 444. The molecule has 0 saturated heterocycles. The Morgan fingerprint density at radius 3 is 1.43 bits per heavy atom. The fraction of sp³-hybridized carbons (Fsp3) is 0.700. The molecular weight excluding hydrogens is 254 g/mol. The largest absolute Gasteiger partial charge is 0.398 e. The first-order chi connectivity index (χ1) is 9.65. The SMILES string of the molecule is Cc1c(C)c(CC(C)C)c(CC(C)C)c(CC(C)C)c1N. The van der Waals surface area contributed by atoms with E-state index in [9.17, 15) is 0 Å². The van der Waals surface area contributed by atoms with E-state index in [0.717, 1.165) is 18.5 Å². The van der Waals surface area contributed by atoms with Crippen LogP contribution in [0.1, 0.15) is 69.4 Å². The van der Waals surface area contributed by atoms with E-state index < -0.39 is 0 Å². The molecule has 0 bridgehead atoms. The van der Waals surface area contributed by atoms with Gasteiger partial charge < -0.3 is 5.73 Å². The van der Waals surface area contributed by atoms with Crippen molar-refractivity contribution in [3.63, 3.8) is 0 Å². The van der Waals surface area contributed by atoms with Gasteiger partial charge in [-0.1, -0.05) is 41.5 Å². The third-order valence-corrected chi connectivity index (χ3v) is 4.31. The fourth-order valence-electron chi connectivity index (χ4n) is 3.21. The minimum atomic E-state index is 0.646. The molecule has 1 rings (SSSR count). The van der Waals surface area contributed by atoms with Gasteiger partial charge in [-0.2, -0.15) is 0 Å².